The molecule has 2 aromatic heterocycles. The topological polar surface area (TPSA) is 57.2 Å². The maximum atomic E-state index is 12.2. The van der Waals surface area contributed by atoms with Gasteiger partial charge < -0.3 is 9.73 Å². The van der Waals surface area contributed by atoms with E-state index in [-0.39, 0.29) is 54.1 Å². The molecule has 1 aliphatic carbocycles. The van der Waals surface area contributed by atoms with Crippen LogP contribution in [-0.2, 0) is 41.1 Å². The number of ketones is 1. The number of fused-ring (bicyclic) bond motifs is 5. The van der Waals surface area contributed by atoms with Gasteiger partial charge in [0.2, 0.25) is 0 Å². The first-order valence-corrected chi connectivity index (χ1v) is 20.2. The first-order chi connectivity index (χ1) is 24.9. The Kier molecular flexibility index (Phi) is 13.9. The predicted octanol–water partition coefficient (Wildman–Crippen LogP) is 14.3. The third kappa shape index (κ3) is 9.05. The zero-order valence-corrected chi connectivity index (χ0v) is 37.7. The molecule has 54 heavy (non-hydrogen) atoms. The molecule has 0 atom stereocenters. The molecule has 0 saturated heterocycles. The van der Waals surface area contributed by atoms with Gasteiger partial charge in [-0.05, 0) is 83.2 Å². The first kappa shape index (κ1) is 43.5. The van der Waals surface area contributed by atoms with E-state index in [1.165, 1.54) is 40.3 Å². The average molecular weight is 905 g/mol. The molecule has 5 aromatic rings. The first-order valence-electron chi connectivity index (χ1n) is 20.2. The second-order valence-corrected chi connectivity index (χ2v) is 17.9. The number of carbonyl (C=O) groups is 1. The molecule has 0 N–H and O–H groups in total. The van der Waals surface area contributed by atoms with E-state index in [4.69, 9.17) is 9.40 Å². The summed E-state index contributed by atoms with van der Waals surface area (Å²) in [6.45, 7) is 28.9. The molecule has 2 heterocycles. The standard InChI is InChI=1S/C33H34NO.C16H31NO.Ir/c1-31(2,3)25-17-21(16-20-10-8-9-11-22(20)25)29-30-23(12-15-34-29)24-18-26-27(19-28(24)35-30)33(6,7)14-13-32(26,4)5;1-7-13(8-2)15(17-12(5)6)11-16(18)14(9-3)10-4;/h8-12,15,17-19H,13-14H2,1-7H3;11-14H,7-10H2,1-6H3,(H,17,18);/q-1;;/p-1. The number of nitrogens with zero attached hydrogens (tertiary/aromatic N) is 2. The number of carbonyl (C=O) groups excluding carboxylic acids is 1. The Morgan fingerprint density at radius 1 is 0.852 bits per heavy atom. The number of aromatic nitrogens is 1. The molecular formula is C49H64IrN2O2-2. The van der Waals surface area contributed by atoms with Gasteiger partial charge >= 0.3 is 0 Å². The van der Waals surface area contributed by atoms with Crippen molar-refractivity contribution in [1.82, 2.24) is 4.98 Å². The average Bonchev–Trinajstić information content (AvgIpc) is 3.48. The second kappa shape index (κ2) is 17.3. The van der Waals surface area contributed by atoms with E-state index >= 15 is 0 Å². The molecule has 0 amide bonds. The molecule has 6 rings (SSSR count). The minimum Gasteiger partial charge on any atom is -0.685 e. The molecule has 0 fully saturated rings. The van der Waals surface area contributed by atoms with Crippen LogP contribution in [0.3, 0.4) is 0 Å². The van der Waals surface area contributed by atoms with Crippen molar-refractivity contribution in [2.75, 3.05) is 0 Å². The van der Waals surface area contributed by atoms with Crippen LogP contribution in [0.1, 0.15) is 145 Å². The molecule has 0 aliphatic heterocycles. The Balaban J connectivity index is 0.000000294. The fraction of sp³-hybridized carbons (Fsp3) is 0.510. The van der Waals surface area contributed by atoms with Gasteiger partial charge in [0.05, 0.1) is 0 Å². The maximum Gasteiger partial charge on any atom is 0.157 e. The minimum atomic E-state index is 0. The van der Waals surface area contributed by atoms with Crippen LogP contribution in [0.25, 0.3) is 49.3 Å². The van der Waals surface area contributed by atoms with Crippen molar-refractivity contribution in [3.05, 3.63) is 94.6 Å². The van der Waals surface area contributed by atoms with Crippen LogP contribution in [0.2, 0.25) is 0 Å². The summed E-state index contributed by atoms with van der Waals surface area (Å²) in [4.78, 5) is 17.0. The molecule has 0 bridgehead atoms. The number of hydrogen-bond acceptors (Lipinski definition) is 3. The molecule has 1 aliphatic rings. The largest absolute Gasteiger partial charge is 0.685 e. The third-order valence-electron chi connectivity index (χ3n) is 11.7. The van der Waals surface area contributed by atoms with Crippen LogP contribution in [0, 0.1) is 17.9 Å². The van der Waals surface area contributed by atoms with Gasteiger partial charge in [-0.15, -0.1) is 35.2 Å². The van der Waals surface area contributed by atoms with Crippen LogP contribution in [-0.4, -0.2) is 16.8 Å². The quantitative estimate of drug-likeness (QED) is 0.104. The maximum absolute atomic E-state index is 12.2. The van der Waals surface area contributed by atoms with Gasteiger partial charge in [0, 0.05) is 48.7 Å². The van der Waals surface area contributed by atoms with E-state index < -0.39 is 0 Å². The predicted molar refractivity (Wildman–Crippen MR) is 227 cm³/mol. The van der Waals surface area contributed by atoms with E-state index in [1.54, 1.807) is 0 Å². The van der Waals surface area contributed by atoms with Gasteiger partial charge in [-0.2, -0.15) is 5.70 Å². The third-order valence-corrected chi connectivity index (χ3v) is 11.7. The number of pyridine rings is 1. The normalized spacial score (nSPS) is 15.4. The summed E-state index contributed by atoms with van der Waals surface area (Å²) in [5, 5.41) is 9.33. The summed E-state index contributed by atoms with van der Waals surface area (Å²) in [6, 6.07) is 21.5. The summed E-state index contributed by atoms with van der Waals surface area (Å²) in [7, 11) is 0. The zero-order chi connectivity index (χ0) is 38.9. The minimum absolute atomic E-state index is 0. The Morgan fingerprint density at radius 2 is 1.44 bits per heavy atom. The molecular weight excluding hydrogens is 841 g/mol. The van der Waals surface area contributed by atoms with Crippen LogP contribution in [0.5, 0.6) is 0 Å². The second-order valence-electron chi connectivity index (χ2n) is 17.9. The molecule has 293 valence electrons. The summed E-state index contributed by atoms with van der Waals surface area (Å²) in [5.74, 6) is 0.841. The van der Waals surface area contributed by atoms with Crippen LogP contribution in [0.15, 0.2) is 70.9 Å². The fourth-order valence-electron chi connectivity index (χ4n) is 8.15. The van der Waals surface area contributed by atoms with Crippen molar-refractivity contribution in [3.63, 3.8) is 0 Å². The number of rotatable bonds is 10. The van der Waals surface area contributed by atoms with Crippen molar-refractivity contribution in [1.29, 1.82) is 0 Å². The Morgan fingerprint density at radius 3 is 2.02 bits per heavy atom. The smallest absolute Gasteiger partial charge is 0.157 e. The van der Waals surface area contributed by atoms with Gasteiger partial charge in [-0.1, -0.05) is 132 Å². The Labute approximate surface area is 339 Å². The van der Waals surface area contributed by atoms with Crippen molar-refractivity contribution in [2.45, 2.75) is 151 Å². The van der Waals surface area contributed by atoms with Crippen molar-refractivity contribution in [3.8, 4) is 11.3 Å². The van der Waals surface area contributed by atoms with E-state index in [2.05, 4.69) is 150 Å². The zero-order valence-electron chi connectivity index (χ0n) is 35.3. The van der Waals surface area contributed by atoms with E-state index in [0.717, 1.165) is 64.6 Å². The van der Waals surface area contributed by atoms with Crippen molar-refractivity contribution in [2.24, 2.45) is 11.8 Å². The van der Waals surface area contributed by atoms with E-state index in [1.807, 2.05) is 12.3 Å². The van der Waals surface area contributed by atoms with Crippen LogP contribution < -0.4 is 0 Å². The fourth-order valence-corrected chi connectivity index (χ4v) is 8.15. The van der Waals surface area contributed by atoms with Gasteiger partial charge in [0.25, 0.3) is 0 Å². The van der Waals surface area contributed by atoms with Crippen molar-refractivity contribution < 1.29 is 29.3 Å². The van der Waals surface area contributed by atoms with Gasteiger partial charge in [-0.3, -0.25) is 9.78 Å². The molecule has 0 spiro atoms. The monoisotopic (exact) mass is 905 g/mol. The molecule has 0 unspecified atom stereocenters. The summed E-state index contributed by atoms with van der Waals surface area (Å²) < 4.78 is 6.62. The SMILES string of the molecule is CC(C)(C)c1cc(-c2nccc3c2oc2cc4c(cc23)C(C)(C)CCC4(C)C)[c-]c2ccccc12.CCC(CC)C(=O)/C=C(\[N-]C(C)C)C(CC)CC.[Ir]. The van der Waals surface area contributed by atoms with Gasteiger partial charge in [0.1, 0.15) is 11.2 Å². The molecule has 1 radical (unpaired) electrons. The molecule has 0 saturated carbocycles. The van der Waals surface area contributed by atoms with Crippen molar-refractivity contribution >= 4 is 38.5 Å². The number of allylic oxidation sites excluding steroid dienone is 2. The van der Waals surface area contributed by atoms with Gasteiger partial charge in [-0.25, -0.2) is 0 Å². The van der Waals surface area contributed by atoms with E-state index in [9.17, 15) is 4.79 Å². The number of benzene rings is 3. The molecule has 5 heteroatoms. The number of hydrogen-bond donors (Lipinski definition) is 0. The Bertz CT molecular complexity index is 2100. The molecule has 3 aromatic carbocycles. The van der Waals surface area contributed by atoms with Gasteiger partial charge in [0.15, 0.2) is 5.78 Å². The number of furan rings is 1. The van der Waals surface area contributed by atoms with Crippen LogP contribution >= 0.6 is 0 Å². The summed E-state index contributed by atoms with van der Waals surface area (Å²) in [5.41, 5.74) is 9.15. The molecule has 4 nitrogen and oxygen atoms in total. The van der Waals surface area contributed by atoms with E-state index in [0.29, 0.717) is 5.92 Å². The summed E-state index contributed by atoms with van der Waals surface area (Å²) in [6.07, 6.45) is 10.1. The summed E-state index contributed by atoms with van der Waals surface area (Å²) >= 11 is 0. The Hall–Kier alpha value is -3.27. The van der Waals surface area contributed by atoms with Crippen LogP contribution in [0.4, 0.5) is 0 Å².